The Morgan fingerprint density at radius 1 is 1.12 bits per heavy atom. The van der Waals surface area contributed by atoms with Crippen LogP contribution in [0.15, 0.2) is 18.2 Å². The number of hydrogen-bond donors (Lipinski definition) is 2. The number of aliphatic hydroxyl groups excluding tert-OH is 1. The molecule has 0 heterocycles. The summed E-state index contributed by atoms with van der Waals surface area (Å²) in [5, 5.41) is 17.3. The zero-order chi connectivity index (χ0) is 13.2. The van der Waals surface area contributed by atoms with Crippen LogP contribution in [0.3, 0.4) is 0 Å². The molecule has 0 fully saturated rings. The number of alkyl halides is 5. The fourth-order valence-electron chi connectivity index (χ4n) is 1.39. The summed E-state index contributed by atoms with van der Waals surface area (Å²) in [5.41, 5.74) is -2.30. The second-order valence-electron chi connectivity index (χ2n) is 3.40. The van der Waals surface area contributed by atoms with Gasteiger partial charge in [-0.1, -0.05) is 6.07 Å². The zero-order valence-electron chi connectivity index (χ0n) is 8.38. The molecule has 0 aromatic heterocycles. The summed E-state index contributed by atoms with van der Waals surface area (Å²) in [7, 11) is 0. The van der Waals surface area contributed by atoms with Crippen LogP contribution in [0, 0.1) is 0 Å². The molecule has 0 aliphatic rings. The largest absolute Gasteiger partial charge is 0.416 e. The van der Waals surface area contributed by atoms with Gasteiger partial charge >= 0.3 is 6.18 Å². The van der Waals surface area contributed by atoms with Crippen LogP contribution >= 0.6 is 0 Å². The second kappa shape index (κ2) is 4.97. The van der Waals surface area contributed by atoms with Gasteiger partial charge in [0.1, 0.15) is 0 Å². The van der Waals surface area contributed by atoms with E-state index in [1.807, 2.05) is 0 Å². The van der Waals surface area contributed by atoms with Gasteiger partial charge in [-0.25, -0.2) is 8.78 Å². The SMILES string of the molecule is OC(O)Cc1cc(C(F)F)ccc1C(F)(F)F. The fourth-order valence-corrected chi connectivity index (χ4v) is 1.39. The molecule has 1 aromatic carbocycles. The van der Waals surface area contributed by atoms with Crippen LogP contribution in [0.2, 0.25) is 0 Å². The highest BCUT2D eigenvalue weighted by Gasteiger charge is 2.34. The Kier molecular flexibility index (Phi) is 4.05. The summed E-state index contributed by atoms with van der Waals surface area (Å²) in [4.78, 5) is 0. The Bertz CT molecular complexity index is 387. The van der Waals surface area contributed by atoms with Crippen molar-refractivity contribution in [1.29, 1.82) is 0 Å². The molecule has 0 atom stereocenters. The lowest BCUT2D eigenvalue weighted by molar-refractivity contribution is -0.138. The molecular weight excluding hydrogens is 247 g/mol. The lowest BCUT2D eigenvalue weighted by atomic mass is 10.0. The van der Waals surface area contributed by atoms with Crippen molar-refractivity contribution in [3.8, 4) is 0 Å². The standard InChI is InChI=1S/C10H9F5O2/c11-9(12)5-1-2-7(10(13,14)15)6(3-5)4-8(16)17/h1-3,8-9,16-17H,4H2. The quantitative estimate of drug-likeness (QED) is 0.644. The predicted molar refractivity (Wildman–Crippen MR) is 48.3 cm³/mol. The molecule has 0 aliphatic heterocycles. The molecule has 17 heavy (non-hydrogen) atoms. The molecule has 96 valence electrons. The minimum atomic E-state index is -4.72. The maximum Gasteiger partial charge on any atom is 0.416 e. The predicted octanol–water partition coefficient (Wildman–Crippen LogP) is 2.50. The topological polar surface area (TPSA) is 40.5 Å². The molecule has 1 rings (SSSR count). The van der Waals surface area contributed by atoms with E-state index in [-0.39, 0.29) is 0 Å². The zero-order valence-corrected chi connectivity index (χ0v) is 8.38. The highest BCUT2D eigenvalue weighted by atomic mass is 19.4. The molecule has 0 saturated carbocycles. The summed E-state index contributed by atoms with van der Waals surface area (Å²) in [6, 6.07) is 1.81. The highest BCUT2D eigenvalue weighted by molar-refractivity contribution is 5.35. The van der Waals surface area contributed by atoms with Gasteiger partial charge in [-0.2, -0.15) is 13.2 Å². The first kappa shape index (κ1) is 13.9. The number of benzene rings is 1. The molecule has 0 saturated heterocycles. The van der Waals surface area contributed by atoms with Crippen molar-refractivity contribution in [1.82, 2.24) is 0 Å². The minimum absolute atomic E-state index is 0.513. The normalized spacial score (nSPS) is 12.5. The first-order chi connectivity index (χ1) is 7.71. The molecule has 0 aliphatic carbocycles. The summed E-state index contributed by atoms with van der Waals surface area (Å²) in [5.74, 6) is 0. The van der Waals surface area contributed by atoms with Crippen molar-refractivity contribution in [2.45, 2.75) is 25.3 Å². The molecule has 0 radical (unpaired) electrons. The minimum Gasteiger partial charge on any atom is -0.368 e. The van der Waals surface area contributed by atoms with Gasteiger partial charge < -0.3 is 10.2 Å². The van der Waals surface area contributed by atoms with Crippen molar-refractivity contribution in [2.75, 3.05) is 0 Å². The molecule has 0 spiro atoms. The van der Waals surface area contributed by atoms with E-state index in [4.69, 9.17) is 10.2 Å². The number of aliphatic hydroxyl groups is 2. The summed E-state index contributed by atoms with van der Waals surface area (Å²) in [6.45, 7) is 0. The summed E-state index contributed by atoms with van der Waals surface area (Å²) >= 11 is 0. The van der Waals surface area contributed by atoms with Crippen molar-refractivity contribution in [2.24, 2.45) is 0 Å². The average Bonchev–Trinajstić information content (AvgIpc) is 2.14. The van der Waals surface area contributed by atoms with E-state index in [9.17, 15) is 22.0 Å². The molecule has 2 nitrogen and oxygen atoms in total. The maximum absolute atomic E-state index is 12.5. The number of rotatable bonds is 3. The van der Waals surface area contributed by atoms with E-state index in [0.29, 0.717) is 18.2 Å². The van der Waals surface area contributed by atoms with E-state index >= 15 is 0 Å². The van der Waals surface area contributed by atoms with E-state index in [1.165, 1.54) is 0 Å². The Morgan fingerprint density at radius 2 is 1.71 bits per heavy atom. The van der Waals surface area contributed by atoms with Crippen LogP contribution in [-0.2, 0) is 12.6 Å². The van der Waals surface area contributed by atoms with Crippen LogP contribution in [0.4, 0.5) is 22.0 Å². The smallest absolute Gasteiger partial charge is 0.368 e. The summed E-state index contributed by atoms with van der Waals surface area (Å²) in [6.07, 6.45) is -10.4. The number of hydrogen-bond acceptors (Lipinski definition) is 2. The van der Waals surface area contributed by atoms with Gasteiger partial charge in [-0.3, -0.25) is 0 Å². The second-order valence-corrected chi connectivity index (χ2v) is 3.40. The molecule has 7 heteroatoms. The van der Waals surface area contributed by atoms with Gasteiger partial charge in [0.25, 0.3) is 6.43 Å². The highest BCUT2D eigenvalue weighted by Crippen LogP contribution is 2.34. The average molecular weight is 256 g/mol. The maximum atomic E-state index is 12.5. The van der Waals surface area contributed by atoms with Gasteiger partial charge in [0.05, 0.1) is 5.56 Å². The first-order valence-electron chi connectivity index (χ1n) is 4.56. The van der Waals surface area contributed by atoms with Gasteiger partial charge in [0, 0.05) is 12.0 Å². The Balaban J connectivity index is 3.22. The Hall–Kier alpha value is -1.21. The van der Waals surface area contributed by atoms with Crippen molar-refractivity contribution in [3.05, 3.63) is 34.9 Å². The van der Waals surface area contributed by atoms with Crippen molar-refractivity contribution in [3.63, 3.8) is 0 Å². The third-order valence-electron chi connectivity index (χ3n) is 2.09. The van der Waals surface area contributed by atoms with Crippen LogP contribution in [0.1, 0.15) is 23.1 Å². The van der Waals surface area contributed by atoms with E-state index in [1.54, 1.807) is 0 Å². The lowest BCUT2D eigenvalue weighted by Crippen LogP contribution is -2.15. The van der Waals surface area contributed by atoms with Crippen molar-refractivity contribution >= 4 is 0 Å². The molecular formula is C10H9F5O2. The first-order valence-corrected chi connectivity index (χ1v) is 4.56. The fraction of sp³-hybridized carbons (Fsp3) is 0.400. The van der Waals surface area contributed by atoms with Crippen LogP contribution in [-0.4, -0.2) is 16.5 Å². The Morgan fingerprint density at radius 3 is 2.12 bits per heavy atom. The van der Waals surface area contributed by atoms with E-state index in [2.05, 4.69) is 0 Å². The van der Waals surface area contributed by atoms with Gasteiger partial charge in [0.15, 0.2) is 6.29 Å². The molecule has 0 bridgehead atoms. The molecule has 2 N–H and O–H groups in total. The third-order valence-corrected chi connectivity index (χ3v) is 2.09. The molecule has 0 unspecified atom stereocenters. The lowest BCUT2D eigenvalue weighted by Gasteiger charge is -2.15. The van der Waals surface area contributed by atoms with E-state index < -0.39 is 42.0 Å². The Labute approximate surface area is 93.3 Å². The third kappa shape index (κ3) is 3.64. The molecule has 1 aromatic rings. The van der Waals surface area contributed by atoms with Crippen LogP contribution in [0.5, 0.6) is 0 Å². The van der Waals surface area contributed by atoms with E-state index in [0.717, 1.165) is 0 Å². The monoisotopic (exact) mass is 256 g/mol. The van der Waals surface area contributed by atoms with Gasteiger partial charge in [-0.15, -0.1) is 0 Å². The number of halogens is 5. The van der Waals surface area contributed by atoms with Crippen LogP contribution in [0.25, 0.3) is 0 Å². The van der Waals surface area contributed by atoms with Crippen LogP contribution < -0.4 is 0 Å². The van der Waals surface area contributed by atoms with Gasteiger partial charge in [0.2, 0.25) is 0 Å². The molecule has 0 amide bonds. The van der Waals surface area contributed by atoms with Gasteiger partial charge in [-0.05, 0) is 17.7 Å². The van der Waals surface area contributed by atoms with Crippen molar-refractivity contribution < 1.29 is 32.2 Å². The summed E-state index contributed by atoms with van der Waals surface area (Å²) < 4.78 is 62.1.